The molecule has 32 heavy (non-hydrogen) atoms. The van der Waals surface area contributed by atoms with Crippen molar-refractivity contribution in [2.45, 2.75) is 12.8 Å². The fraction of sp³-hybridized carbons (Fsp3) is 0.385. The lowest BCUT2D eigenvalue weighted by molar-refractivity contribution is 0.0243. The van der Waals surface area contributed by atoms with Gasteiger partial charge in [-0.2, -0.15) is 5.10 Å². The average Bonchev–Trinajstić information content (AvgIpc) is 3.36. The number of likely N-dealkylation sites (tertiary alicyclic amines) is 1. The lowest BCUT2D eigenvalue weighted by Crippen LogP contribution is -2.44. The topological polar surface area (TPSA) is 50.6 Å². The number of morpholine rings is 1. The zero-order chi connectivity index (χ0) is 21.8. The number of ether oxygens (including phenoxy) is 1. The summed E-state index contributed by atoms with van der Waals surface area (Å²) in [6.45, 7) is 6.53. The maximum atomic E-state index is 13.2. The summed E-state index contributed by atoms with van der Waals surface area (Å²) in [7, 11) is 0. The standard InChI is InChI=1S/C26H30N4O2/c31-26(29-13-10-21(11-14-29)20-28-15-17-32-18-16-28)23-7-4-8-24(19-23)30-25(9-12-27-30)22-5-2-1-3-6-22/h1-9,12,19,21H,10-11,13-18,20H2. The molecule has 2 fully saturated rings. The molecule has 0 bridgehead atoms. The fourth-order valence-electron chi connectivity index (χ4n) is 4.76. The molecule has 6 nitrogen and oxygen atoms in total. The Labute approximate surface area is 189 Å². The molecule has 0 saturated carbocycles. The predicted octanol–water partition coefficient (Wildman–Crippen LogP) is 3.72. The third kappa shape index (κ3) is 4.61. The van der Waals surface area contributed by atoms with Gasteiger partial charge in [-0.3, -0.25) is 9.69 Å². The first-order chi connectivity index (χ1) is 15.8. The highest BCUT2D eigenvalue weighted by atomic mass is 16.5. The van der Waals surface area contributed by atoms with Gasteiger partial charge in [-0.15, -0.1) is 0 Å². The molecule has 0 spiro atoms. The lowest BCUT2D eigenvalue weighted by Gasteiger charge is -2.36. The Kier molecular flexibility index (Phi) is 6.32. The van der Waals surface area contributed by atoms with Crippen LogP contribution in [0.15, 0.2) is 66.9 Å². The molecule has 1 amide bonds. The van der Waals surface area contributed by atoms with Gasteiger partial charge in [-0.1, -0.05) is 36.4 Å². The van der Waals surface area contributed by atoms with Crippen LogP contribution in [-0.4, -0.2) is 71.4 Å². The Morgan fingerprint density at radius 3 is 2.50 bits per heavy atom. The molecule has 0 aliphatic carbocycles. The Balaban J connectivity index is 1.26. The molecule has 0 unspecified atom stereocenters. The monoisotopic (exact) mass is 430 g/mol. The van der Waals surface area contributed by atoms with Crippen molar-refractivity contribution < 1.29 is 9.53 Å². The summed E-state index contributed by atoms with van der Waals surface area (Å²) in [5.41, 5.74) is 3.74. The molecule has 1 aromatic heterocycles. The van der Waals surface area contributed by atoms with Gasteiger partial charge in [-0.05, 0) is 43.0 Å². The summed E-state index contributed by atoms with van der Waals surface area (Å²) in [5, 5.41) is 4.52. The van der Waals surface area contributed by atoms with E-state index in [0.29, 0.717) is 5.92 Å². The minimum absolute atomic E-state index is 0.116. The SMILES string of the molecule is O=C(c1cccc(-n2nccc2-c2ccccc2)c1)N1CCC(CN2CCOCC2)CC1. The van der Waals surface area contributed by atoms with Crippen molar-refractivity contribution in [2.24, 2.45) is 5.92 Å². The molecule has 2 aliphatic heterocycles. The van der Waals surface area contributed by atoms with Crippen LogP contribution in [0.1, 0.15) is 23.2 Å². The van der Waals surface area contributed by atoms with Gasteiger partial charge in [0.25, 0.3) is 5.91 Å². The summed E-state index contributed by atoms with van der Waals surface area (Å²) < 4.78 is 7.36. The predicted molar refractivity (Wildman–Crippen MR) is 125 cm³/mol. The van der Waals surface area contributed by atoms with Crippen LogP contribution < -0.4 is 0 Å². The van der Waals surface area contributed by atoms with E-state index in [4.69, 9.17) is 4.74 Å². The van der Waals surface area contributed by atoms with Gasteiger partial charge in [-0.25, -0.2) is 4.68 Å². The number of aromatic nitrogens is 2. The molecular formula is C26H30N4O2. The highest BCUT2D eigenvalue weighted by Crippen LogP contribution is 2.24. The van der Waals surface area contributed by atoms with Crippen LogP contribution in [0.2, 0.25) is 0 Å². The summed E-state index contributed by atoms with van der Waals surface area (Å²) in [6, 6.07) is 20.0. The van der Waals surface area contributed by atoms with E-state index in [9.17, 15) is 4.79 Å². The summed E-state index contributed by atoms with van der Waals surface area (Å²) in [6.07, 6.45) is 3.94. The third-order valence-electron chi connectivity index (χ3n) is 6.57. The van der Waals surface area contributed by atoms with E-state index in [1.807, 2.05) is 58.1 Å². The van der Waals surface area contributed by atoms with Crippen LogP contribution in [0.4, 0.5) is 0 Å². The molecule has 6 heteroatoms. The molecule has 2 saturated heterocycles. The molecule has 3 aromatic rings. The van der Waals surface area contributed by atoms with Crippen LogP contribution in [0, 0.1) is 5.92 Å². The average molecular weight is 431 g/mol. The molecule has 166 valence electrons. The van der Waals surface area contributed by atoms with Crippen molar-refractivity contribution in [3.8, 4) is 16.9 Å². The van der Waals surface area contributed by atoms with Gasteiger partial charge in [0.1, 0.15) is 0 Å². The number of hydrogen-bond donors (Lipinski definition) is 0. The first kappa shape index (κ1) is 20.9. The van der Waals surface area contributed by atoms with Crippen molar-refractivity contribution in [1.82, 2.24) is 19.6 Å². The van der Waals surface area contributed by atoms with E-state index >= 15 is 0 Å². The van der Waals surface area contributed by atoms with Gasteiger partial charge < -0.3 is 9.64 Å². The Morgan fingerprint density at radius 1 is 0.938 bits per heavy atom. The molecule has 0 atom stereocenters. The number of nitrogens with zero attached hydrogens (tertiary/aromatic N) is 4. The summed E-state index contributed by atoms with van der Waals surface area (Å²) in [4.78, 5) is 17.8. The van der Waals surface area contributed by atoms with Crippen molar-refractivity contribution in [3.63, 3.8) is 0 Å². The van der Waals surface area contributed by atoms with Gasteiger partial charge in [0.15, 0.2) is 0 Å². The Morgan fingerprint density at radius 2 is 1.72 bits per heavy atom. The number of amides is 1. The smallest absolute Gasteiger partial charge is 0.253 e. The first-order valence-electron chi connectivity index (χ1n) is 11.6. The number of carbonyl (C=O) groups is 1. The van der Waals surface area contributed by atoms with E-state index < -0.39 is 0 Å². The number of piperidine rings is 1. The van der Waals surface area contributed by atoms with E-state index in [0.717, 1.165) is 81.3 Å². The number of carbonyl (C=O) groups excluding carboxylic acids is 1. The van der Waals surface area contributed by atoms with Gasteiger partial charge in [0.2, 0.25) is 0 Å². The zero-order valence-electron chi connectivity index (χ0n) is 18.4. The second kappa shape index (κ2) is 9.67. The van der Waals surface area contributed by atoms with Gasteiger partial charge >= 0.3 is 0 Å². The molecule has 3 heterocycles. The maximum Gasteiger partial charge on any atom is 0.253 e. The molecule has 2 aromatic carbocycles. The molecule has 2 aliphatic rings. The molecular weight excluding hydrogens is 400 g/mol. The van der Waals surface area contributed by atoms with Crippen LogP contribution in [0.5, 0.6) is 0 Å². The molecule has 0 radical (unpaired) electrons. The fourth-order valence-corrected chi connectivity index (χ4v) is 4.76. The minimum atomic E-state index is 0.116. The van der Waals surface area contributed by atoms with Crippen molar-refractivity contribution in [3.05, 3.63) is 72.4 Å². The Hall–Kier alpha value is -2.96. The number of rotatable bonds is 5. The first-order valence-corrected chi connectivity index (χ1v) is 11.6. The van der Waals surface area contributed by atoms with E-state index in [1.165, 1.54) is 0 Å². The molecule has 5 rings (SSSR count). The van der Waals surface area contributed by atoms with Crippen molar-refractivity contribution in [2.75, 3.05) is 45.9 Å². The lowest BCUT2D eigenvalue weighted by atomic mass is 9.95. The Bertz CT molecular complexity index is 1030. The second-order valence-corrected chi connectivity index (χ2v) is 8.69. The van der Waals surface area contributed by atoms with Crippen LogP contribution in [0.3, 0.4) is 0 Å². The highest BCUT2D eigenvalue weighted by Gasteiger charge is 2.26. The minimum Gasteiger partial charge on any atom is -0.379 e. The van der Waals surface area contributed by atoms with Crippen LogP contribution >= 0.6 is 0 Å². The maximum absolute atomic E-state index is 13.2. The summed E-state index contributed by atoms with van der Waals surface area (Å²) >= 11 is 0. The number of benzene rings is 2. The van der Waals surface area contributed by atoms with Crippen LogP contribution in [0.25, 0.3) is 16.9 Å². The highest BCUT2D eigenvalue weighted by molar-refractivity contribution is 5.94. The molecule has 0 N–H and O–H groups in total. The van der Waals surface area contributed by atoms with Crippen molar-refractivity contribution in [1.29, 1.82) is 0 Å². The quantitative estimate of drug-likeness (QED) is 0.619. The van der Waals surface area contributed by atoms with E-state index in [1.54, 1.807) is 6.20 Å². The third-order valence-corrected chi connectivity index (χ3v) is 6.57. The normalized spacial score (nSPS) is 18.1. The summed E-state index contributed by atoms with van der Waals surface area (Å²) in [5.74, 6) is 0.783. The van der Waals surface area contributed by atoms with E-state index in [2.05, 4.69) is 22.1 Å². The van der Waals surface area contributed by atoms with Gasteiger partial charge in [0.05, 0.1) is 30.8 Å². The van der Waals surface area contributed by atoms with Gasteiger partial charge in [0, 0.05) is 43.9 Å². The zero-order valence-corrected chi connectivity index (χ0v) is 18.4. The second-order valence-electron chi connectivity index (χ2n) is 8.69. The number of hydrogen-bond acceptors (Lipinski definition) is 4. The van der Waals surface area contributed by atoms with E-state index in [-0.39, 0.29) is 5.91 Å². The van der Waals surface area contributed by atoms with Crippen LogP contribution in [-0.2, 0) is 4.74 Å². The van der Waals surface area contributed by atoms with Crippen molar-refractivity contribution >= 4 is 5.91 Å². The largest absolute Gasteiger partial charge is 0.379 e.